The number of hydrogen-bond donors (Lipinski definition) is 0. The normalized spacial score (nSPS) is 12.3. The minimum Gasteiger partial charge on any atom is -0.462 e. The number of hydrogen-bond acceptors (Lipinski definition) is 5. The van der Waals surface area contributed by atoms with Gasteiger partial charge in [-0.05, 0) is 57.8 Å². The van der Waals surface area contributed by atoms with Gasteiger partial charge in [-0.2, -0.15) is 0 Å². The van der Waals surface area contributed by atoms with Crippen LogP contribution in [0.3, 0.4) is 0 Å². The summed E-state index contributed by atoms with van der Waals surface area (Å²) in [6.45, 7) is 7.87. The molecule has 0 amide bonds. The van der Waals surface area contributed by atoms with Gasteiger partial charge < -0.3 is 14.2 Å². The average Bonchev–Trinajstić information content (AvgIpc) is 3.36. The van der Waals surface area contributed by atoms with E-state index < -0.39 is 6.10 Å². The summed E-state index contributed by atoms with van der Waals surface area (Å²) >= 11 is 0. The number of allylic oxidation sites excluding steroid dienone is 6. The molecule has 0 aliphatic heterocycles. The molecular formula is C65H122O5. The number of carbonyl (C=O) groups excluding carboxylic acids is 2. The molecule has 0 saturated heterocycles. The Morgan fingerprint density at radius 3 is 0.986 bits per heavy atom. The van der Waals surface area contributed by atoms with Crippen molar-refractivity contribution in [3.8, 4) is 0 Å². The van der Waals surface area contributed by atoms with Crippen LogP contribution >= 0.6 is 0 Å². The molecule has 0 spiro atoms. The third-order valence-corrected chi connectivity index (χ3v) is 14.2. The molecule has 0 radical (unpaired) electrons. The van der Waals surface area contributed by atoms with Crippen LogP contribution in [0.25, 0.3) is 0 Å². The predicted molar refractivity (Wildman–Crippen MR) is 307 cm³/mol. The first kappa shape index (κ1) is 68.1. The lowest BCUT2D eigenvalue weighted by Gasteiger charge is -2.18. The van der Waals surface area contributed by atoms with E-state index in [0.29, 0.717) is 26.1 Å². The van der Waals surface area contributed by atoms with E-state index in [1.165, 1.54) is 250 Å². The Bertz CT molecular complexity index is 1110. The van der Waals surface area contributed by atoms with Gasteiger partial charge in [-0.3, -0.25) is 9.59 Å². The summed E-state index contributed by atoms with van der Waals surface area (Å²) < 4.78 is 17.5. The molecule has 0 aromatic rings. The molecule has 0 heterocycles. The van der Waals surface area contributed by atoms with Crippen molar-refractivity contribution >= 4 is 11.9 Å². The molecule has 412 valence electrons. The second-order valence-corrected chi connectivity index (χ2v) is 21.3. The van der Waals surface area contributed by atoms with E-state index in [1.807, 2.05) is 0 Å². The highest BCUT2D eigenvalue weighted by molar-refractivity contribution is 5.70. The number of unbranched alkanes of at least 4 members (excludes halogenated alkanes) is 42. The van der Waals surface area contributed by atoms with Crippen LogP contribution in [-0.4, -0.2) is 37.9 Å². The fourth-order valence-electron chi connectivity index (χ4n) is 9.46. The summed E-state index contributed by atoms with van der Waals surface area (Å²) in [6.07, 6.45) is 76.0. The van der Waals surface area contributed by atoms with Gasteiger partial charge in [0.05, 0.1) is 6.61 Å². The van der Waals surface area contributed by atoms with E-state index in [1.54, 1.807) is 0 Å². The Balaban J connectivity index is 4.24. The van der Waals surface area contributed by atoms with Gasteiger partial charge in [-0.1, -0.05) is 308 Å². The molecule has 0 N–H and O–H groups in total. The average molecular weight is 984 g/mol. The second kappa shape index (κ2) is 61.4. The molecular weight excluding hydrogens is 861 g/mol. The molecule has 0 aliphatic carbocycles. The highest BCUT2D eigenvalue weighted by atomic mass is 16.6. The van der Waals surface area contributed by atoms with Crippen LogP contribution in [0.5, 0.6) is 0 Å². The van der Waals surface area contributed by atoms with Crippen LogP contribution in [-0.2, 0) is 23.8 Å². The van der Waals surface area contributed by atoms with Gasteiger partial charge in [-0.25, -0.2) is 0 Å². The second-order valence-electron chi connectivity index (χ2n) is 21.3. The zero-order valence-electron chi connectivity index (χ0n) is 47.6. The van der Waals surface area contributed by atoms with Crippen molar-refractivity contribution in [2.45, 2.75) is 348 Å². The van der Waals surface area contributed by atoms with Crippen LogP contribution in [0.15, 0.2) is 36.5 Å². The summed E-state index contributed by atoms with van der Waals surface area (Å²) in [5, 5.41) is 0. The van der Waals surface area contributed by atoms with Gasteiger partial charge in [0.1, 0.15) is 6.61 Å². The summed E-state index contributed by atoms with van der Waals surface area (Å²) in [4.78, 5) is 25.6. The summed E-state index contributed by atoms with van der Waals surface area (Å²) in [5.74, 6) is -0.386. The van der Waals surface area contributed by atoms with Crippen LogP contribution in [0.4, 0.5) is 0 Å². The van der Waals surface area contributed by atoms with Gasteiger partial charge in [-0.15, -0.1) is 0 Å². The van der Waals surface area contributed by atoms with Crippen LogP contribution in [0, 0.1) is 0 Å². The lowest BCUT2D eigenvalue weighted by Crippen LogP contribution is -2.30. The third-order valence-electron chi connectivity index (χ3n) is 14.2. The van der Waals surface area contributed by atoms with Crippen molar-refractivity contribution in [2.24, 2.45) is 0 Å². The van der Waals surface area contributed by atoms with Crippen molar-refractivity contribution in [2.75, 3.05) is 19.8 Å². The quantitative estimate of drug-likeness (QED) is 0.0345. The molecule has 70 heavy (non-hydrogen) atoms. The third kappa shape index (κ3) is 58.7. The Morgan fingerprint density at radius 1 is 0.314 bits per heavy atom. The van der Waals surface area contributed by atoms with Crippen molar-refractivity contribution in [1.82, 2.24) is 0 Å². The van der Waals surface area contributed by atoms with E-state index in [4.69, 9.17) is 14.2 Å². The Morgan fingerprint density at radius 2 is 0.600 bits per heavy atom. The SMILES string of the molecule is CCCCC/C=C\C/C=C\C/C=C\CCCCCCCCC(=O)OCC(COCCCCCCCCCCCCCCCCCC)OC(=O)CCCCCCCCCCCCCCCCCCCCC. The van der Waals surface area contributed by atoms with E-state index >= 15 is 0 Å². The monoisotopic (exact) mass is 983 g/mol. The molecule has 0 rings (SSSR count). The molecule has 0 fully saturated rings. The zero-order chi connectivity index (χ0) is 50.6. The van der Waals surface area contributed by atoms with Gasteiger partial charge in [0.25, 0.3) is 0 Å². The van der Waals surface area contributed by atoms with Crippen LogP contribution in [0.1, 0.15) is 342 Å². The zero-order valence-corrected chi connectivity index (χ0v) is 47.6. The highest BCUT2D eigenvalue weighted by Gasteiger charge is 2.18. The lowest BCUT2D eigenvalue weighted by molar-refractivity contribution is -0.163. The van der Waals surface area contributed by atoms with Crippen molar-refractivity contribution < 1.29 is 23.8 Å². The molecule has 0 bridgehead atoms. The minimum atomic E-state index is -0.537. The topological polar surface area (TPSA) is 61.8 Å². The van der Waals surface area contributed by atoms with Gasteiger partial charge in [0, 0.05) is 19.4 Å². The molecule has 1 unspecified atom stereocenters. The maximum atomic E-state index is 12.9. The Kier molecular flexibility index (Phi) is 59.8. The molecule has 0 aromatic carbocycles. The first-order valence-corrected chi connectivity index (χ1v) is 31.5. The van der Waals surface area contributed by atoms with Crippen molar-refractivity contribution in [1.29, 1.82) is 0 Å². The standard InChI is InChI=1S/C65H122O5/c1-4-7-10-13-16-19-22-25-28-31-33-35-37-40-43-46-49-52-55-58-64(66)69-62-63(61-68-60-57-54-51-48-45-42-39-30-27-24-21-18-15-12-9-6-3)70-65(67)59-56-53-50-47-44-41-38-36-34-32-29-26-23-20-17-14-11-8-5-2/h16,19,25,28,33,35,63H,4-15,17-18,20-24,26-27,29-32,34,36-62H2,1-3H3/b19-16-,28-25-,35-33-. The smallest absolute Gasteiger partial charge is 0.306 e. The molecule has 1 atom stereocenters. The number of rotatable bonds is 59. The largest absolute Gasteiger partial charge is 0.462 e. The van der Waals surface area contributed by atoms with E-state index in [9.17, 15) is 9.59 Å². The van der Waals surface area contributed by atoms with E-state index in [0.717, 1.165) is 57.8 Å². The molecule has 5 heteroatoms. The van der Waals surface area contributed by atoms with Crippen molar-refractivity contribution in [3.05, 3.63) is 36.5 Å². The molecule has 0 aromatic heterocycles. The van der Waals surface area contributed by atoms with E-state index in [-0.39, 0.29) is 18.5 Å². The maximum absolute atomic E-state index is 12.9. The fraction of sp³-hybridized carbons (Fsp3) is 0.877. The summed E-state index contributed by atoms with van der Waals surface area (Å²) in [7, 11) is 0. The molecule has 0 aliphatic rings. The lowest BCUT2D eigenvalue weighted by atomic mass is 10.0. The molecule has 5 nitrogen and oxygen atoms in total. The van der Waals surface area contributed by atoms with Crippen molar-refractivity contribution in [3.63, 3.8) is 0 Å². The van der Waals surface area contributed by atoms with Gasteiger partial charge in [0.15, 0.2) is 6.10 Å². The predicted octanol–water partition coefficient (Wildman–Crippen LogP) is 21.7. The number of carbonyl (C=O) groups is 2. The summed E-state index contributed by atoms with van der Waals surface area (Å²) in [6, 6.07) is 0. The van der Waals surface area contributed by atoms with Crippen LogP contribution < -0.4 is 0 Å². The van der Waals surface area contributed by atoms with Crippen LogP contribution in [0.2, 0.25) is 0 Å². The highest BCUT2D eigenvalue weighted by Crippen LogP contribution is 2.17. The summed E-state index contributed by atoms with van der Waals surface area (Å²) in [5.41, 5.74) is 0. The molecule has 0 saturated carbocycles. The minimum absolute atomic E-state index is 0.0855. The van der Waals surface area contributed by atoms with Gasteiger partial charge in [0.2, 0.25) is 0 Å². The first-order chi connectivity index (χ1) is 34.6. The first-order valence-electron chi connectivity index (χ1n) is 31.5. The fourth-order valence-corrected chi connectivity index (χ4v) is 9.46. The van der Waals surface area contributed by atoms with Gasteiger partial charge >= 0.3 is 11.9 Å². The number of ether oxygens (including phenoxy) is 3. The maximum Gasteiger partial charge on any atom is 0.306 e. The Hall–Kier alpha value is -1.88. The number of esters is 2. The van der Waals surface area contributed by atoms with E-state index in [2.05, 4.69) is 57.2 Å². The Labute approximate surface area is 438 Å².